The van der Waals surface area contributed by atoms with Crippen LogP contribution in [0.1, 0.15) is 33.7 Å². The van der Waals surface area contributed by atoms with E-state index >= 15 is 0 Å². The van der Waals surface area contributed by atoms with Gasteiger partial charge in [0.05, 0.1) is 12.8 Å². The minimum atomic E-state index is 0.629. The molecule has 4 nitrogen and oxygen atoms in total. The molecular formula is C26H29N3OS. The summed E-state index contributed by atoms with van der Waals surface area (Å²) in [4.78, 5) is 5.70. The van der Waals surface area contributed by atoms with Crippen molar-refractivity contribution in [1.29, 1.82) is 0 Å². The molecule has 0 saturated heterocycles. The van der Waals surface area contributed by atoms with Gasteiger partial charge in [-0.05, 0) is 87.8 Å². The number of H-pyrrole nitrogens is 1. The first kappa shape index (κ1) is 21.2. The fraction of sp³-hybridized carbons (Fsp3) is 0.269. The van der Waals surface area contributed by atoms with Gasteiger partial charge in [0, 0.05) is 28.8 Å². The summed E-state index contributed by atoms with van der Waals surface area (Å²) < 4.78 is 5.62. The van der Waals surface area contributed by atoms with Crippen molar-refractivity contribution >= 4 is 33.9 Å². The number of fused-ring (bicyclic) bond motifs is 1. The number of nitrogens with one attached hydrogen (secondary N) is 2. The monoisotopic (exact) mass is 431 g/mol. The zero-order chi connectivity index (χ0) is 22.0. The Morgan fingerprint density at radius 3 is 2.55 bits per heavy atom. The van der Waals surface area contributed by atoms with Crippen molar-refractivity contribution in [3.05, 3.63) is 88.5 Å². The summed E-state index contributed by atoms with van der Waals surface area (Å²) in [5.74, 6) is 0.899. The number of rotatable bonds is 6. The molecule has 0 unspecified atom stereocenters. The molecule has 2 heterocycles. The number of aryl methyl sites for hydroxylation is 4. The van der Waals surface area contributed by atoms with Crippen molar-refractivity contribution in [3.63, 3.8) is 0 Å². The highest BCUT2D eigenvalue weighted by atomic mass is 32.1. The maximum absolute atomic E-state index is 5.83. The average molecular weight is 432 g/mol. The maximum Gasteiger partial charge on any atom is 0.173 e. The molecule has 0 aliphatic carbocycles. The molecule has 0 saturated carbocycles. The van der Waals surface area contributed by atoms with E-state index in [1.807, 2.05) is 12.1 Å². The van der Waals surface area contributed by atoms with Gasteiger partial charge in [-0.3, -0.25) is 0 Å². The SMILES string of the molecule is Cc1ccc(NC(=S)N(CCc2c(C)[nH]c3ccc(C)cc23)Cc2ccco2)c(C)c1. The van der Waals surface area contributed by atoms with Gasteiger partial charge in [-0.25, -0.2) is 0 Å². The van der Waals surface area contributed by atoms with Crippen molar-refractivity contribution in [3.8, 4) is 0 Å². The molecule has 2 N–H and O–H groups in total. The van der Waals surface area contributed by atoms with Gasteiger partial charge >= 0.3 is 0 Å². The lowest BCUT2D eigenvalue weighted by molar-refractivity contribution is 0.368. The summed E-state index contributed by atoms with van der Waals surface area (Å²) in [6.45, 7) is 9.91. The summed E-state index contributed by atoms with van der Waals surface area (Å²) in [5.41, 5.74) is 8.48. The minimum Gasteiger partial charge on any atom is -0.467 e. The highest BCUT2D eigenvalue weighted by molar-refractivity contribution is 7.80. The van der Waals surface area contributed by atoms with Gasteiger partial charge in [0.2, 0.25) is 0 Å². The molecule has 0 spiro atoms. The molecule has 0 bridgehead atoms. The molecule has 4 rings (SSSR count). The van der Waals surface area contributed by atoms with Crippen LogP contribution in [0, 0.1) is 27.7 Å². The van der Waals surface area contributed by atoms with Gasteiger partial charge in [-0.1, -0.05) is 29.3 Å². The molecule has 0 atom stereocenters. The molecule has 0 aliphatic rings. The molecule has 0 radical (unpaired) electrons. The first-order valence-electron chi connectivity index (χ1n) is 10.6. The number of hydrogen-bond donors (Lipinski definition) is 2. The van der Waals surface area contributed by atoms with E-state index in [1.54, 1.807) is 6.26 Å². The summed E-state index contributed by atoms with van der Waals surface area (Å²) in [7, 11) is 0. The van der Waals surface area contributed by atoms with Crippen LogP contribution in [0.3, 0.4) is 0 Å². The molecule has 31 heavy (non-hydrogen) atoms. The molecule has 5 heteroatoms. The first-order valence-corrected chi connectivity index (χ1v) is 11.0. The van der Waals surface area contributed by atoms with Crippen LogP contribution in [-0.2, 0) is 13.0 Å². The number of aromatic amines is 1. The molecular weight excluding hydrogens is 402 g/mol. The number of thiocarbonyl (C=S) groups is 1. The second-order valence-electron chi connectivity index (χ2n) is 8.28. The van der Waals surface area contributed by atoms with Crippen LogP contribution >= 0.6 is 12.2 Å². The van der Waals surface area contributed by atoms with E-state index in [1.165, 1.54) is 38.9 Å². The predicted octanol–water partition coefficient (Wildman–Crippen LogP) is 6.44. The van der Waals surface area contributed by atoms with Crippen molar-refractivity contribution in [2.75, 3.05) is 11.9 Å². The minimum absolute atomic E-state index is 0.629. The fourth-order valence-electron chi connectivity index (χ4n) is 4.06. The Labute approximate surface area is 189 Å². The van der Waals surface area contributed by atoms with Gasteiger partial charge in [-0.15, -0.1) is 0 Å². The average Bonchev–Trinajstić information content (AvgIpc) is 3.34. The third kappa shape index (κ3) is 4.83. The van der Waals surface area contributed by atoms with Crippen LogP contribution in [-0.4, -0.2) is 21.5 Å². The van der Waals surface area contributed by atoms with E-state index in [0.717, 1.165) is 24.4 Å². The highest BCUT2D eigenvalue weighted by Crippen LogP contribution is 2.25. The smallest absolute Gasteiger partial charge is 0.173 e. The molecule has 0 fully saturated rings. The van der Waals surface area contributed by atoms with E-state index in [0.29, 0.717) is 11.7 Å². The topological polar surface area (TPSA) is 44.2 Å². The normalized spacial score (nSPS) is 11.1. The molecule has 4 aromatic rings. The zero-order valence-corrected chi connectivity index (χ0v) is 19.4. The van der Waals surface area contributed by atoms with E-state index in [-0.39, 0.29) is 0 Å². The quantitative estimate of drug-likeness (QED) is 0.345. The van der Waals surface area contributed by atoms with Gasteiger partial charge in [0.25, 0.3) is 0 Å². The summed E-state index contributed by atoms with van der Waals surface area (Å²) in [6.07, 6.45) is 2.60. The number of anilines is 1. The fourth-order valence-corrected chi connectivity index (χ4v) is 4.32. The Bertz CT molecular complexity index is 1210. The summed E-state index contributed by atoms with van der Waals surface area (Å²) in [5, 5.41) is 5.45. The molecule has 2 aromatic carbocycles. The van der Waals surface area contributed by atoms with E-state index in [4.69, 9.17) is 16.6 Å². The van der Waals surface area contributed by atoms with Crippen LogP contribution in [0.15, 0.2) is 59.2 Å². The van der Waals surface area contributed by atoms with Crippen LogP contribution in [0.2, 0.25) is 0 Å². The number of hydrogen-bond acceptors (Lipinski definition) is 2. The largest absolute Gasteiger partial charge is 0.467 e. The van der Waals surface area contributed by atoms with E-state index in [2.05, 4.69) is 79.3 Å². The number of nitrogens with zero attached hydrogens (tertiary/aromatic N) is 1. The number of furan rings is 1. The van der Waals surface area contributed by atoms with E-state index < -0.39 is 0 Å². The predicted molar refractivity (Wildman–Crippen MR) is 133 cm³/mol. The highest BCUT2D eigenvalue weighted by Gasteiger charge is 2.16. The van der Waals surface area contributed by atoms with Crippen molar-refractivity contribution in [2.45, 2.75) is 40.7 Å². The molecule has 160 valence electrons. The summed E-state index contributed by atoms with van der Waals surface area (Å²) >= 11 is 5.83. The first-order chi connectivity index (χ1) is 14.9. The van der Waals surface area contributed by atoms with Crippen LogP contribution in [0.4, 0.5) is 5.69 Å². The molecule has 0 aliphatic heterocycles. The van der Waals surface area contributed by atoms with Crippen LogP contribution < -0.4 is 5.32 Å². The van der Waals surface area contributed by atoms with Crippen LogP contribution in [0.25, 0.3) is 10.9 Å². The van der Waals surface area contributed by atoms with Crippen LogP contribution in [0.5, 0.6) is 0 Å². The lowest BCUT2D eigenvalue weighted by Gasteiger charge is -2.26. The maximum atomic E-state index is 5.83. The molecule has 2 aromatic heterocycles. The van der Waals surface area contributed by atoms with Crippen molar-refractivity contribution in [2.24, 2.45) is 0 Å². The van der Waals surface area contributed by atoms with Gasteiger partial charge in [0.1, 0.15) is 5.76 Å². The third-order valence-corrected chi connectivity index (χ3v) is 6.10. The number of aromatic nitrogens is 1. The Morgan fingerprint density at radius 2 is 1.81 bits per heavy atom. The molecule has 0 amide bonds. The Kier molecular flexibility index (Phi) is 6.14. The second kappa shape index (κ2) is 8.98. The lowest BCUT2D eigenvalue weighted by atomic mass is 10.1. The summed E-state index contributed by atoms with van der Waals surface area (Å²) in [6, 6.07) is 16.8. The van der Waals surface area contributed by atoms with E-state index in [9.17, 15) is 0 Å². The Balaban J connectivity index is 1.56. The Morgan fingerprint density at radius 1 is 1.03 bits per heavy atom. The van der Waals surface area contributed by atoms with Gasteiger partial charge in [-0.2, -0.15) is 0 Å². The zero-order valence-electron chi connectivity index (χ0n) is 18.6. The van der Waals surface area contributed by atoms with Crippen molar-refractivity contribution < 1.29 is 4.42 Å². The Hall–Kier alpha value is -3.05. The van der Waals surface area contributed by atoms with Crippen molar-refractivity contribution in [1.82, 2.24) is 9.88 Å². The van der Waals surface area contributed by atoms with Gasteiger partial charge < -0.3 is 19.6 Å². The second-order valence-corrected chi connectivity index (χ2v) is 8.66. The van der Waals surface area contributed by atoms with Gasteiger partial charge in [0.15, 0.2) is 5.11 Å². The lowest BCUT2D eigenvalue weighted by Crippen LogP contribution is -2.36. The standard InChI is InChI=1S/C26H29N3OS/c1-17-7-9-24(19(3)14-17)28-26(31)29(16-21-6-5-13-30-21)12-11-22-20(4)27-25-10-8-18(2)15-23(22)25/h5-10,13-15,27H,11-12,16H2,1-4H3,(H,28,31). The third-order valence-electron chi connectivity index (χ3n) is 5.74. The number of benzene rings is 2.